The Kier molecular flexibility index (Phi) is 3.03. The van der Waals surface area contributed by atoms with E-state index in [4.69, 9.17) is 0 Å². The minimum absolute atomic E-state index is 0.0662. The molecule has 0 saturated heterocycles. The van der Waals surface area contributed by atoms with Crippen molar-refractivity contribution in [2.24, 2.45) is 0 Å². The highest BCUT2D eigenvalue weighted by Gasteiger charge is 2.07. The molecule has 3 rings (SSSR count). The zero-order valence-corrected chi connectivity index (χ0v) is 12.1. The lowest BCUT2D eigenvalue weighted by molar-refractivity contribution is 0.786. The van der Waals surface area contributed by atoms with Crippen molar-refractivity contribution < 1.29 is 0 Å². The molecule has 4 heteroatoms. The first-order valence-corrected chi connectivity index (χ1v) is 6.86. The summed E-state index contributed by atoms with van der Waals surface area (Å²) in [5, 5.41) is 0. The molecule has 0 aliphatic rings. The zero-order chi connectivity index (χ0) is 13.4. The summed E-state index contributed by atoms with van der Waals surface area (Å²) in [5.74, 6) is 0. The molecule has 2 aromatic carbocycles. The Balaban J connectivity index is 2.09. The van der Waals surface area contributed by atoms with Gasteiger partial charge in [0.15, 0.2) is 0 Å². The van der Waals surface area contributed by atoms with Crippen LogP contribution in [-0.4, -0.2) is 9.55 Å². The molecule has 0 radical (unpaired) electrons. The quantitative estimate of drug-likeness (QED) is 0.772. The Morgan fingerprint density at radius 2 is 1.89 bits per heavy atom. The summed E-state index contributed by atoms with van der Waals surface area (Å²) in [4.78, 5) is 14.9. The van der Waals surface area contributed by atoms with Gasteiger partial charge in [-0.1, -0.05) is 34.1 Å². The van der Waals surface area contributed by atoms with Gasteiger partial charge in [-0.15, -0.1) is 0 Å². The van der Waals surface area contributed by atoms with Crippen molar-refractivity contribution in [3.8, 4) is 0 Å². The third kappa shape index (κ3) is 2.36. The van der Waals surface area contributed by atoms with Gasteiger partial charge in [-0.3, -0.25) is 4.57 Å². The summed E-state index contributed by atoms with van der Waals surface area (Å²) in [6, 6.07) is 14.0. The Bertz CT molecular complexity index is 784. The molecule has 1 N–H and O–H groups in total. The maximum absolute atomic E-state index is 12.0. The molecule has 0 aliphatic heterocycles. The Morgan fingerprint density at radius 3 is 2.63 bits per heavy atom. The highest BCUT2D eigenvalue weighted by Crippen LogP contribution is 2.15. The molecule has 0 spiro atoms. The lowest BCUT2D eigenvalue weighted by Gasteiger charge is -2.04. The molecule has 3 nitrogen and oxygen atoms in total. The predicted molar refractivity (Wildman–Crippen MR) is 80.5 cm³/mol. The number of H-pyrrole nitrogens is 1. The predicted octanol–water partition coefficient (Wildman–Crippen LogP) is 3.45. The minimum atomic E-state index is -0.0662. The van der Waals surface area contributed by atoms with Gasteiger partial charge >= 0.3 is 5.69 Å². The van der Waals surface area contributed by atoms with Crippen molar-refractivity contribution in [3.63, 3.8) is 0 Å². The fourth-order valence-electron chi connectivity index (χ4n) is 2.19. The van der Waals surface area contributed by atoms with Crippen LogP contribution in [0.25, 0.3) is 11.0 Å². The molecule has 0 fully saturated rings. The van der Waals surface area contributed by atoms with Gasteiger partial charge < -0.3 is 4.98 Å². The Labute approximate surface area is 119 Å². The molecule has 19 heavy (non-hydrogen) atoms. The van der Waals surface area contributed by atoms with Crippen molar-refractivity contribution in [1.29, 1.82) is 0 Å². The minimum Gasteiger partial charge on any atom is -0.306 e. The molecule has 3 aromatic rings. The summed E-state index contributed by atoms with van der Waals surface area (Å²) in [5.41, 5.74) is 4.02. The Hall–Kier alpha value is -1.81. The van der Waals surface area contributed by atoms with E-state index < -0.39 is 0 Å². The van der Waals surface area contributed by atoms with E-state index in [1.54, 1.807) is 4.57 Å². The molecule has 0 aliphatic carbocycles. The summed E-state index contributed by atoms with van der Waals surface area (Å²) < 4.78 is 2.81. The van der Waals surface area contributed by atoms with Gasteiger partial charge in [0.1, 0.15) is 0 Å². The average molecular weight is 317 g/mol. The normalized spacial score (nSPS) is 11.1. The van der Waals surface area contributed by atoms with E-state index in [9.17, 15) is 4.79 Å². The van der Waals surface area contributed by atoms with E-state index in [0.29, 0.717) is 6.54 Å². The van der Waals surface area contributed by atoms with Crippen molar-refractivity contribution in [1.82, 2.24) is 9.55 Å². The summed E-state index contributed by atoms with van der Waals surface area (Å²) in [7, 11) is 0. The van der Waals surface area contributed by atoms with Crippen LogP contribution in [0.1, 0.15) is 11.1 Å². The highest BCUT2D eigenvalue weighted by molar-refractivity contribution is 9.10. The molecule has 0 amide bonds. The summed E-state index contributed by atoms with van der Waals surface area (Å²) in [6.07, 6.45) is 0. The van der Waals surface area contributed by atoms with Crippen LogP contribution in [0.5, 0.6) is 0 Å². The van der Waals surface area contributed by atoms with Crippen LogP contribution >= 0.6 is 15.9 Å². The first-order chi connectivity index (χ1) is 9.13. The SMILES string of the molecule is Cc1ccc2[nH]c(=O)n(Cc3ccc(Br)cc3)c2c1. The number of aromatic nitrogens is 2. The van der Waals surface area contributed by atoms with E-state index in [-0.39, 0.29) is 5.69 Å². The van der Waals surface area contributed by atoms with E-state index in [1.807, 2.05) is 49.4 Å². The van der Waals surface area contributed by atoms with Crippen LogP contribution in [0.4, 0.5) is 0 Å². The van der Waals surface area contributed by atoms with Crippen LogP contribution in [0, 0.1) is 6.92 Å². The number of hydrogen-bond acceptors (Lipinski definition) is 1. The van der Waals surface area contributed by atoms with E-state index in [1.165, 1.54) is 0 Å². The van der Waals surface area contributed by atoms with E-state index in [0.717, 1.165) is 26.6 Å². The number of halogens is 1. The monoisotopic (exact) mass is 316 g/mol. The van der Waals surface area contributed by atoms with E-state index in [2.05, 4.69) is 20.9 Å². The molecule has 1 aromatic heterocycles. The second kappa shape index (κ2) is 4.70. The van der Waals surface area contributed by atoms with Gasteiger partial charge in [0.05, 0.1) is 17.6 Å². The number of aryl methyl sites for hydroxylation is 1. The molecule has 96 valence electrons. The van der Waals surface area contributed by atoms with Gasteiger partial charge in [0.2, 0.25) is 0 Å². The van der Waals surface area contributed by atoms with Gasteiger partial charge in [-0.25, -0.2) is 4.79 Å². The average Bonchev–Trinajstić information content (AvgIpc) is 2.69. The molecule has 0 saturated carbocycles. The molecule has 0 atom stereocenters. The van der Waals surface area contributed by atoms with Crippen molar-refractivity contribution in [3.05, 3.63) is 68.5 Å². The van der Waals surface area contributed by atoms with Crippen molar-refractivity contribution in [2.75, 3.05) is 0 Å². The molecular weight excluding hydrogens is 304 g/mol. The van der Waals surface area contributed by atoms with Gasteiger partial charge in [-0.05, 0) is 42.3 Å². The smallest absolute Gasteiger partial charge is 0.306 e. The number of fused-ring (bicyclic) bond motifs is 1. The molecule has 1 heterocycles. The third-order valence-electron chi connectivity index (χ3n) is 3.18. The van der Waals surface area contributed by atoms with Crippen LogP contribution in [0.15, 0.2) is 51.7 Å². The van der Waals surface area contributed by atoms with Gasteiger partial charge in [-0.2, -0.15) is 0 Å². The van der Waals surface area contributed by atoms with Gasteiger partial charge in [0, 0.05) is 4.47 Å². The number of hydrogen-bond donors (Lipinski definition) is 1. The van der Waals surface area contributed by atoms with Gasteiger partial charge in [0.25, 0.3) is 0 Å². The van der Waals surface area contributed by atoms with Crippen molar-refractivity contribution in [2.45, 2.75) is 13.5 Å². The topological polar surface area (TPSA) is 37.8 Å². The fourth-order valence-corrected chi connectivity index (χ4v) is 2.46. The number of nitrogens with zero attached hydrogens (tertiary/aromatic N) is 1. The number of imidazole rings is 1. The second-order valence-electron chi connectivity index (χ2n) is 4.66. The third-order valence-corrected chi connectivity index (χ3v) is 3.71. The van der Waals surface area contributed by atoms with E-state index >= 15 is 0 Å². The maximum Gasteiger partial charge on any atom is 0.326 e. The standard InChI is InChI=1S/C15H13BrN2O/c1-10-2-7-13-14(8-10)18(15(19)17-13)9-11-3-5-12(16)6-4-11/h2-8H,9H2,1H3,(H,17,19). The van der Waals surface area contributed by atoms with Crippen LogP contribution in [0.3, 0.4) is 0 Å². The first-order valence-electron chi connectivity index (χ1n) is 6.07. The highest BCUT2D eigenvalue weighted by atomic mass is 79.9. The number of benzene rings is 2. The van der Waals surface area contributed by atoms with Crippen LogP contribution < -0.4 is 5.69 Å². The zero-order valence-electron chi connectivity index (χ0n) is 10.5. The number of nitrogens with one attached hydrogen (secondary N) is 1. The number of aromatic amines is 1. The number of rotatable bonds is 2. The molecule has 0 bridgehead atoms. The van der Waals surface area contributed by atoms with Crippen LogP contribution in [-0.2, 0) is 6.54 Å². The van der Waals surface area contributed by atoms with Crippen LogP contribution in [0.2, 0.25) is 0 Å². The lowest BCUT2D eigenvalue weighted by Crippen LogP contribution is -2.17. The lowest BCUT2D eigenvalue weighted by atomic mass is 10.2. The largest absolute Gasteiger partial charge is 0.326 e. The second-order valence-corrected chi connectivity index (χ2v) is 5.58. The fraction of sp³-hybridized carbons (Fsp3) is 0.133. The first kappa shape index (κ1) is 12.2. The molecular formula is C15H13BrN2O. The maximum atomic E-state index is 12.0. The molecule has 0 unspecified atom stereocenters. The summed E-state index contributed by atoms with van der Waals surface area (Å²) >= 11 is 3.41. The Morgan fingerprint density at radius 1 is 1.16 bits per heavy atom. The summed E-state index contributed by atoms with van der Waals surface area (Å²) in [6.45, 7) is 2.61. The van der Waals surface area contributed by atoms with Crippen molar-refractivity contribution >= 4 is 27.0 Å².